The number of hydrogen-bond donors (Lipinski definition) is 2. The van der Waals surface area contributed by atoms with E-state index in [2.05, 4.69) is 26.0 Å². The largest absolute Gasteiger partial charge is 0.481 e. The molecule has 166 valence electrons. The molecule has 0 bridgehead atoms. The third-order valence-corrected chi connectivity index (χ3v) is 7.74. The number of carboxylic acid groups (broad SMARTS) is 2. The molecule has 1 aromatic carbocycles. The van der Waals surface area contributed by atoms with Gasteiger partial charge in [0.05, 0.1) is 10.8 Å². The van der Waals surface area contributed by atoms with Crippen molar-refractivity contribution in [3.63, 3.8) is 0 Å². The molecule has 0 heterocycles. The van der Waals surface area contributed by atoms with Gasteiger partial charge >= 0.3 is 11.9 Å². The van der Waals surface area contributed by atoms with Crippen molar-refractivity contribution < 1.29 is 19.8 Å². The number of aliphatic carboxylic acids is 2. The predicted molar refractivity (Wildman–Crippen MR) is 119 cm³/mol. The molecule has 4 heteroatoms. The molecule has 0 atom stereocenters. The van der Waals surface area contributed by atoms with Gasteiger partial charge in [0.1, 0.15) is 0 Å². The molecule has 2 aliphatic rings. The van der Waals surface area contributed by atoms with Gasteiger partial charge in [-0.15, -0.1) is 0 Å². The minimum absolute atomic E-state index is 0.370. The quantitative estimate of drug-likeness (QED) is 0.353. The predicted octanol–water partition coefficient (Wildman–Crippen LogP) is 6.24. The zero-order valence-electron chi connectivity index (χ0n) is 18.8. The van der Waals surface area contributed by atoms with Crippen molar-refractivity contribution in [1.29, 1.82) is 0 Å². The Balaban J connectivity index is 1.39. The highest BCUT2D eigenvalue weighted by Gasteiger charge is 2.49. The minimum Gasteiger partial charge on any atom is -0.481 e. The lowest BCUT2D eigenvalue weighted by molar-refractivity contribution is -0.144. The van der Waals surface area contributed by atoms with E-state index in [1.807, 2.05) is 0 Å². The highest BCUT2D eigenvalue weighted by atomic mass is 16.4. The molecule has 0 amide bonds. The number of hydrogen-bond acceptors (Lipinski definition) is 2. The van der Waals surface area contributed by atoms with Crippen LogP contribution in [0.25, 0.3) is 0 Å². The number of rotatable bonds is 14. The fourth-order valence-corrected chi connectivity index (χ4v) is 4.94. The molecule has 0 radical (unpaired) electrons. The summed E-state index contributed by atoms with van der Waals surface area (Å²) in [5.41, 5.74) is 4.90. The van der Waals surface area contributed by atoms with E-state index in [1.54, 1.807) is 0 Å². The Morgan fingerprint density at radius 1 is 0.767 bits per heavy atom. The van der Waals surface area contributed by atoms with E-state index >= 15 is 0 Å². The van der Waals surface area contributed by atoms with Gasteiger partial charge in [-0.25, -0.2) is 0 Å². The number of carbonyl (C=O) groups is 2. The van der Waals surface area contributed by atoms with E-state index in [-0.39, 0.29) is 5.41 Å². The van der Waals surface area contributed by atoms with Gasteiger partial charge in [-0.1, -0.05) is 37.8 Å². The topological polar surface area (TPSA) is 74.6 Å². The van der Waals surface area contributed by atoms with Gasteiger partial charge in [0, 0.05) is 0 Å². The van der Waals surface area contributed by atoms with Crippen LogP contribution in [0.1, 0.15) is 99.3 Å². The lowest BCUT2D eigenvalue weighted by Gasteiger charge is -2.15. The molecule has 2 fully saturated rings. The minimum atomic E-state index is -0.605. The second-order valence-corrected chi connectivity index (χ2v) is 9.94. The zero-order valence-corrected chi connectivity index (χ0v) is 18.8. The lowest BCUT2D eigenvalue weighted by Crippen LogP contribution is -2.14. The van der Waals surface area contributed by atoms with Crippen molar-refractivity contribution in [2.24, 2.45) is 10.8 Å². The highest BCUT2D eigenvalue weighted by Crippen LogP contribution is 2.50. The van der Waals surface area contributed by atoms with Gasteiger partial charge in [0.2, 0.25) is 0 Å². The molecule has 0 spiro atoms. The first-order valence-electron chi connectivity index (χ1n) is 11.8. The van der Waals surface area contributed by atoms with Gasteiger partial charge in [-0.2, -0.15) is 0 Å². The second kappa shape index (κ2) is 9.53. The first-order valence-corrected chi connectivity index (χ1v) is 11.8. The number of aryl methyl sites for hydroxylation is 2. The Bertz CT molecular complexity index is 771. The van der Waals surface area contributed by atoms with Crippen molar-refractivity contribution in [3.05, 3.63) is 34.4 Å². The average molecular weight is 415 g/mol. The monoisotopic (exact) mass is 414 g/mol. The molecular weight excluding hydrogens is 376 g/mol. The normalized spacial score (nSPS) is 18.2. The maximum atomic E-state index is 11.3. The van der Waals surface area contributed by atoms with E-state index in [4.69, 9.17) is 0 Å². The molecular formula is C26H38O4. The van der Waals surface area contributed by atoms with E-state index in [0.717, 1.165) is 89.9 Å². The van der Waals surface area contributed by atoms with Crippen LogP contribution in [0.3, 0.4) is 0 Å². The summed E-state index contributed by atoms with van der Waals surface area (Å²) in [6.07, 6.45) is 13.8. The fourth-order valence-electron chi connectivity index (χ4n) is 4.94. The first-order chi connectivity index (χ1) is 14.3. The van der Waals surface area contributed by atoms with Crippen LogP contribution in [0.15, 0.2) is 12.1 Å². The molecule has 0 unspecified atom stereocenters. The summed E-state index contributed by atoms with van der Waals surface area (Å²) >= 11 is 0. The Kier molecular flexibility index (Phi) is 7.26. The number of carboxylic acids is 2. The fraction of sp³-hybridized carbons (Fsp3) is 0.692. The van der Waals surface area contributed by atoms with Crippen LogP contribution in [0.5, 0.6) is 0 Å². The van der Waals surface area contributed by atoms with Crippen LogP contribution in [-0.2, 0) is 22.4 Å². The molecule has 2 saturated carbocycles. The van der Waals surface area contributed by atoms with E-state index in [9.17, 15) is 19.8 Å². The molecule has 0 aliphatic heterocycles. The van der Waals surface area contributed by atoms with Gasteiger partial charge < -0.3 is 10.2 Å². The van der Waals surface area contributed by atoms with Crippen molar-refractivity contribution in [3.8, 4) is 0 Å². The van der Waals surface area contributed by atoms with E-state index < -0.39 is 17.4 Å². The Morgan fingerprint density at radius 3 is 1.80 bits per heavy atom. The van der Waals surface area contributed by atoms with Crippen LogP contribution in [0, 0.1) is 24.7 Å². The molecule has 0 saturated heterocycles. The molecule has 0 aromatic heterocycles. The zero-order chi connectivity index (χ0) is 21.8. The Hall–Kier alpha value is -1.84. The Labute approximate surface area is 181 Å². The van der Waals surface area contributed by atoms with Gasteiger partial charge in [-0.05, 0) is 100 Å². The number of benzene rings is 1. The third kappa shape index (κ3) is 5.44. The molecule has 1 aromatic rings. The highest BCUT2D eigenvalue weighted by molar-refractivity contribution is 5.78. The van der Waals surface area contributed by atoms with Crippen LogP contribution in [0.4, 0.5) is 0 Å². The average Bonchev–Trinajstić information content (AvgIpc) is 3.60. The summed E-state index contributed by atoms with van der Waals surface area (Å²) < 4.78 is 0. The van der Waals surface area contributed by atoms with Crippen LogP contribution < -0.4 is 0 Å². The molecule has 2 N–H and O–H groups in total. The summed E-state index contributed by atoms with van der Waals surface area (Å²) in [4.78, 5) is 22.6. The number of unbranched alkanes of at least 4 members (excludes halogenated alkanes) is 4. The van der Waals surface area contributed by atoms with Gasteiger partial charge in [0.15, 0.2) is 0 Å². The summed E-state index contributed by atoms with van der Waals surface area (Å²) in [7, 11) is 0. The van der Waals surface area contributed by atoms with Crippen LogP contribution >= 0.6 is 0 Å². The maximum absolute atomic E-state index is 11.3. The van der Waals surface area contributed by atoms with E-state index in [1.165, 1.54) is 22.3 Å². The molecule has 30 heavy (non-hydrogen) atoms. The van der Waals surface area contributed by atoms with Gasteiger partial charge in [-0.3, -0.25) is 9.59 Å². The molecule has 4 nitrogen and oxygen atoms in total. The van der Waals surface area contributed by atoms with Gasteiger partial charge in [0.25, 0.3) is 0 Å². The summed E-state index contributed by atoms with van der Waals surface area (Å²) in [6, 6.07) is 4.49. The second-order valence-electron chi connectivity index (χ2n) is 9.94. The maximum Gasteiger partial charge on any atom is 0.309 e. The van der Waals surface area contributed by atoms with Crippen molar-refractivity contribution in [2.75, 3.05) is 0 Å². The lowest BCUT2D eigenvalue weighted by atomic mass is 9.90. The summed E-state index contributed by atoms with van der Waals surface area (Å²) in [5, 5.41) is 18.6. The van der Waals surface area contributed by atoms with E-state index in [0.29, 0.717) is 0 Å². The van der Waals surface area contributed by atoms with Crippen molar-refractivity contribution in [2.45, 2.75) is 104 Å². The van der Waals surface area contributed by atoms with Crippen molar-refractivity contribution >= 4 is 11.9 Å². The summed E-state index contributed by atoms with van der Waals surface area (Å²) in [5.74, 6) is -1.20. The molecule has 2 aliphatic carbocycles. The third-order valence-electron chi connectivity index (χ3n) is 7.74. The first kappa shape index (κ1) is 22.8. The van der Waals surface area contributed by atoms with Crippen molar-refractivity contribution in [1.82, 2.24) is 0 Å². The van der Waals surface area contributed by atoms with Crippen LogP contribution in [-0.4, -0.2) is 22.2 Å². The SMILES string of the molecule is Cc1ccc(CCCCC2(C(=O)O)CC2)c(C)c1CCCCCCC1(C(=O)O)CC1. The van der Waals surface area contributed by atoms with Crippen LogP contribution in [0.2, 0.25) is 0 Å². The summed E-state index contributed by atoms with van der Waals surface area (Å²) in [6.45, 7) is 4.43. The molecule has 3 rings (SSSR count). The smallest absolute Gasteiger partial charge is 0.309 e. The Morgan fingerprint density at radius 2 is 1.27 bits per heavy atom. The standard InChI is InChI=1S/C26H38O4/c1-19-11-12-21(9-6-8-14-26(17-18-26)24(29)30)20(2)22(19)10-5-3-4-7-13-25(15-16-25)23(27)28/h11-12H,3-10,13-18H2,1-2H3,(H,27,28)(H,29,30).